The number of nitrogens with zero attached hydrogens (tertiary/aromatic N) is 2. The summed E-state index contributed by atoms with van der Waals surface area (Å²) in [7, 11) is 0. The predicted octanol–water partition coefficient (Wildman–Crippen LogP) is 3.08. The largest absolute Gasteiger partial charge is 0.464 e. The van der Waals surface area contributed by atoms with Crippen LogP contribution in [0, 0.1) is 0 Å². The van der Waals surface area contributed by atoms with Gasteiger partial charge in [-0.2, -0.15) is 0 Å². The quantitative estimate of drug-likeness (QED) is 0.745. The lowest BCUT2D eigenvalue weighted by Gasteiger charge is -2.46. The first-order chi connectivity index (χ1) is 8.44. The Labute approximate surface area is 114 Å². The molecule has 0 aliphatic heterocycles. The highest BCUT2D eigenvalue weighted by Gasteiger charge is 2.43. The lowest BCUT2D eigenvalue weighted by Crippen LogP contribution is -2.63. The third-order valence-electron chi connectivity index (χ3n) is 2.62. The summed E-state index contributed by atoms with van der Waals surface area (Å²) < 4.78 is 5.26. The van der Waals surface area contributed by atoms with Crippen LogP contribution in [0.3, 0.4) is 0 Å². The van der Waals surface area contributed by atoms with Crippen LogP contribution in [0.5, 0.6) is 0 Å². The summed E-state index contributed by atoms with van der Waals surface area (Å²) in [6.07, 6.45) is -0.131. The van der Waals surface area contributed by atoms with E-state index in [0.29, 0.717) is 0 Å². The van der Waals surface area contributed by atoms with Gasteiger partial charge in [-0.15, -0.1) is 0 Å². The highest BCUT2D eigenvalue weighted by molar-refractivity contribution is 5.74. The van der Waals surface area contributed by atoms with E-state index in [-0.39, 0.29) is 6.10 Å². The van der Waals surface area contributed by atoms with Crippen molar-refractivity contribution < 1.29 is 19.4 Å². The molecular formula is C13H24N2O4. The standard InChI is InChI=1S/C13H24N2O4/c1-12(2,3)14(10(16)17)15(13(4,5)6)11(18)19-9-7-8-9/h9H,7-8H2,1-6H3,(H,16,17). The first-order valence-electron chi connectivity index (χ1n) is 6.48. The van der Waals surface area contributed by atoms with E-state index < -0.39 is 23.3 Å². The molecule has 19 heavy (non-hydrogen) atoms. The van der Waals surface area contributed by atoms with Gasteiger partial charge in [-0.1, -0.05) is 0 Å². The third kappa shape index (κ3) is 4.01. The van der Waals surface area contributed by atoms with E-state index in [1.165, 1.54) is 5.01 Å². The van der Waals surface area contributed by atoms with Gasteiger partial charge < -0.3 is 9.84 Å². The maximum atomic E-state index is 12.2. The molecule has 6 nitrogen and oxygen atoms in total. The molecule has 0 bridgehead atoms. The van der Waals surface area contributed by atoms with Crippen LogP contribution in [0.4, 0.5) is 9.59 Å². The van der Waals surface area contributed by atoms with Crippen molar-refractivity contribution in [2.24, 2.45) is 0 Å². The van der Waals surface area contributed by atoms with Crippen molar-refractivity contribution in [1.29, 1.82) is 0 Å². The number of ether oxygens (including phenoxy) is 1. The van der Waals surface area contributed by atoms with Crippen molar-refractivity contribution in [2.75, 3.05) is 0 Å². The van der Waals surface area contributed by atoms with Crippen LogP contribution in [0.2, 0.25) is 0 Å². The molecule has 0 spiro atoms. The Morgan fingerprint density at radius 1 is 1.00 bits per heavy atom. The van der Waals surface area contributed by atoms with Gasteiger partial charge in [-0.3, -0.25) is 0 Å². The van der Waals surface area contributed by atoms with Crippen molar-refractivity contribution in [3.05, 3.63) is 0 Å². The zero-order valence-corrected chi connectivity index (χ0v) is 12.6. The van der Waals surface area contributed by atoms with Gasteiger partial charge in [0.15, 0.2) is 0 Å². The number of carbonyl (C=O) groups excluding carboxylic acids is 1. The molecule has 110 valence electrons. The molecule has 0 aromatic carbocycles. The van der Waals surface area contributed by atoms with E-state index in [1.807, 2.05) is 0 Å². The molecule has 1 fully saturated rings. The van der Waals surface area contributed by atoms with Crippen molar-refractivity contribution in [2.45, 2.75) is 71.6 Å². The summed E-state index contributed by atoms with van der Waals surface area (Å²) in [4.78, 5) is 23.7. The SMILES string of the molecule is CC(C)(C)N(C(=O)O)N(C(=O)OC1CC1)C(C)(C)C. The first-order valence-corrected chi connectivity index (χ1v) is 6.48. The third-order valence-corrected chi connectivity index (χ3v) is 2.62. The van der Waals surface area contributed by atoms with Crippen molar-refractivity contribution in [1.82, 2.24) is 10.0 Å². The molecule has 6 heteroatoms. The number of amides is 2. The molecule has 1 aliphatic carbocycles. The lowest BCUT2D eigenvalue weighted by atomic mass is 10.1. The topological polar surface area (TPSA) is 70.1 Å². The molecule has 0 heterocycles. The van der Waals surface area contributed by atoms with Crippen molar-refractivity contribution >= 4 is 12.2 Å². The van der Waals surface area contributed by atoms with Gasteiger partial charge >= 0.3 is 12.2 Å². The summed E-state index contributed by atoms with van der Waals surface area (Å²) >= 11 is 0. The van der Waals surface area contributed by atoms with Gasteiger partial charge in [0.1, 0.15) is 6.10 Å². The molecule has 0 aromatic heterocycles. The van der Waals surface area contributed by atoms with Gasteiger partial charge in [0, 0.05) is 0 Å². The van der Waals surface area contributed by atoms with Gasteiger partial charge in [-0.25, -0.2) is 19.6 Å². The Balaban J connectivity index is 3.06. The van der Waals surface area contributed by atoms with Crippen LogP contribution < -0.4 is 0 Å². The smallest absolute Gasteiger partial charge is 0.429 e. The molecule has 1 aliphatic rings. The monoisotopic (exact) mass is 272 g/mol. The Hall–Kier alpha value is -1.46. The number of hydrazine groups is 1. The molecule has 0 saturated heterocycles. The van der Waals surface area contributed by atoms with Crippen LogP contribution in [0.15, 0.2) is 0 Å². The Morgan fingerprint density at radius 3 is 1.68 bits per heavy atom. The van der Waals surface area contributed by atoms with Crippen molar-refractivity contribution in [3.8, 4) is 0 Å². The van der Waals surface area contributed by atoms with Crippen molar-refractivity contribution in [3.63, 3.8) is 0 Å². The minimum Gasteiger partial charge on any atom is -0.464 e. The lowest BCUT2D eigenvalue weighted by molar-refractivity contribution is -0.102. The molecule has 0 unspecified atom stereocenters. The normalized spacial score (nSPS) is 15.9. The average Bonchev–Trinajstić information content (AvgIpc) is 2.92. The predicted molar refractivity (Wildman–Crippen MR) is 70.7 cm³/mol. The Kier molecular flexibility index (Phi) is 4.03. The van der Waals surface area contributed by atoms with Gasteiger partial charge in [0.05, 0.1) is 11.1 Å². The molecular weight excluding hydrogens is 248 g/mol. The van der Waals surface area contributed by atoms with Crippen LogP contribution in [0.25, 0.3) is 0 Å². The fourth-order valence-corrected chi connectivity index (χ4v) is 1.71. The summed E-state index contributed by atoms with van der Waals surface area (Å²) in [5.74, 6) is 0. The zero-order valence-electron chi connectivity index (χ0n) is 12.6. The number of hydrogen-bond acceptors (Lipinski definition) is 3. The summed E-state index contributed by atoms with van der Waals surface area (Å²) in [5.41, 5.74) is -1.42. The van der Waals surface area contributed by atoms with Crippen LogP contribution in [-0.4, -0.2) is 44.5 Å². The van der Waals surface area contributed by atoms with E-state index in [9.17, 15) is 14.7 Å². The second-order valence-electron chi connectivity index (χ2n) is 6.83. The van der Waals surface area contributed by atoms with Gasteiger partial charge in [-0.05, 0) is 54.4 Å². The maximum absolute atomic E-state index is 12.2. The number of hydrogen-bond donors (Lipinski definition) is 1. The Morgan fingerprint density at radius 2 is 1.42 bits per heavy atom. The van der Waals surface area contributed by atoms with Gasteiger partial charge in [0.2, 0.25) is 0 Å². The van der Waals surface area contributed by atoms with E-state index >= 15 is 0 Å². The fourth-order valence-electron chi connectivity index (χ4n) is 1.71. The first kappa shape index (κ1) is 15.6. The average molecular weight is 272 g/mol. The number of rotatable bonds is 1. The second kappa shape index (κ2) is 4.90. The molecule has 2 amide bonds. The fraction of sp³-hybridized carbons (Fsp3) is 0.846. The van der Waals surface area contributed by atoms with E-state index in [2.05, 4.69) is 0 Å². The van der Waals surface area contributed by atoms with Crippen LogP contribution >= 0.6 is 0 Å². The molecule has 0 atom stereocenters. The minimum atomic E-state index is -1.17. The second-order valence-corrected chi connectivity index (χ2v) is 6.83. The summed E-state index contributed by atoms with van der Waals surface area (Å²) in [5, 5.41) is 11.6. The molecule has 0 aromatic rings. The molecule has 1 rings (SSSR count). The summed E-state index contributed by atoms with van der Waals surface area (Å²) in [6, 6.07) is 0. The zero-order chi connectivity index (χ0) is 15.0. The minimum absolute atomic E-state index is 0.0621. The van der Waals surface area contributed by atoms with E-state index in [1.54, 1.807) is 41.5 Å². The molecule has 0 radical (unpaired) electrons. The van der Waals surface area contributed by atoms with Crippen LogP contribution in [0.1, 0.15) is 54.4 Å². The van der Waals surface area contributed by atoms with Crippen LogP contribution in [-0.2, 0) is 4.74 Å². The van der Waals surface area contributed by atoms with E-state index in [0.717, 1.165) is 17.9 Å². The maximum Gasteiger partial charge on any atom is 0.429 e. The highest BCUT2D eigenvalue weighted by atomic mass is 16.6. The van der Waals surface area contributed by atoms with Gasteiger partial charge in [0.25, 0.3) is 0 Å². The number of carbonyl (C=O) groups is 2. The van der Waals surface area contributed by atoms with E-state index in [4.69, 9.17) is 4.74 Å². The molecule has 1 N–H and O–H groups in total. The highest BCUT2D eigenvalue weighted by Crippen LogP contribution is 2.29. The Bertz CT molecular complexity index is 364. The molecule has 1 saturated carbocycles. The summed E-state index contributed by atoms with van der Waals surface area (Å²) in [6.45, 7) is 10.6. The number of carboxylic acid groups (broad SMARTS) is 1.